The maximum atomic E-state index is 13.2. The number of carbonyl (C=O) groups is 1. The molecule has 4 rings (SSSR count). The van der Waals surface area contributed by atoms with Crippen molar-refractivity contribution >= 4 is 21.8 Å². The molecule has 0 N–H and O–H groups in total. The van der Waals surface area contributed by atoms with Gasteiger partial charge in [-0.25, -0.2) is 0 Å². The summed E-state index contributed by atoms with van der Waals surface area (Å²) in [5.74, 6) is 0.741. The summed E-state index contributed by atoms with van der Waals surface area (Å²) in [6.45, 7) is 0.854. The van der Waals surface area contributed by atoms with Crippen molar-refractivity contribution in [1.82, 2.24) is 4.90 Å². The standard InChI is InChI=1S/C19H18BrNO2/c1-23-16-6-2-4-14-15-5-3-11-21(15)19(22)17(18(14)16)12-7-9-13(20)10-8-12/h2,4,6-10,15,17H,3,5,11H2,1H3/t15-,17+/m1/s1. The lowest BCUT2D eigenvalue weighted by atomic mass is 9.80. The Morgan fingerprint density at radius 3 is 2.70 bits per heavy atom. The van der Waals surface area contributed by atoms with E-state index in [2.05, 4.69) is 26.9 Å². The molecule has 0 aliphatic carbocycles. The van der Waals surface area contributed by atoms with Gasteiger partial charge in [0.25, 0.3) is 0 Å². The van der Waals surface area contributed by atoms with Crippen LogP contribution in [-0.2, 0) is 4.79 Å². The van der Waals surface area contributed by atoms with Crippen molar-refractivity contribution in [3.8, 4) is 5.75 Å². The van der Waals surface area contributed by atoms with Gasteiger partial charge in [0, 0.05) is 16.6 Å². The largest absolute Gasteiger partial charge is 0.496 e. The van der Waals surface area contributed by atoms with Gasteiger partial charge in [0.15, 0.2) is 0 Å². The van der Waals surface area contributed by atoms with Crippen LogP contribution in [0, 0.1) is 0 Å². The molecule has 2 aromatic rings. The van der Waals surface area contributed by atoms with E-state index in [4.69, 9.17) is 4.74 Å². The minimum atomic E-state index is -0.274. The van der Waals surface area contributed by atoms with Crippen LogP contribution in [0.25, 0.3) is 0 Å². The number of benzene rings is 2. The highest BCUT2D eigenvalue weighted by Crippen LogP contribution is 2.48. The number of halogens is 1. The van der Waals surface area contributed by atoms with Crippen molar-refractivity contribution in [3.05, 3.63) is 63.6 Å². The van der Waals surface area contributed by atoms with Crippen molar-refractivity contribution in [2.75, 3.05) is 13.7 Å². The van der Waals surface area contributed by atoms with Crippen molar-refractivity contribution in [1.29, 1.82) is 0 Å². The van der Waals surface area contributed by atoms with Gasteiger partial charge in [0.05, 0.1) is 19.1 Å². The molecule has 2 aliphatic heterocycles. The Kier molecular flexibility index (Phi) is 3.64. The third kappa shape index (κ3) is 2.27. The zero-order valence-corrected chi connectivity index (χ0v) is 14.5. The summed E-state index contributed by atoms with van der Waals surface area (Å²) in [5.41, 5.74) is 3.31. The van der Waals surface area contributed by atoms with Crippen molar-refractivity contribution in [3.63, 3.8) is 0 Å². The second-order valence-corrected chi connectivity index (χ2v) is 7.05. The fourth-order valence-electron chi connectivity index (χ4n) is 3.95. The van der Waals surface area contributed by atoms with Gasteiger partial charge in [-0.3, -0.25) is 4.79 Å². The van der Waals surface area contributed by atoms with Crippen molar-refractivity contribution in [2.45, 2.75) is 24.8 Å². The molecule has 2 heterocycles. The van der Waals surface area contributed by atoms with Gasteiger partial charge in [-0.05, 0) is 42.2 Å². The highest BCUT2D eigenvalue weighted by atomic mass is 79.9. The molecule has 118 valence electrons. The van der Waals surface area contributed by atoms with E-state index < -0.39 is 0 Å². The third-order valence-electron chi connectivity index (χ3n) is 4.95. The number of fused-ring (bicyclic) bond motifs is 3. The molecule has 0 bridgehead atoms. The molecular weight excluding hydrogens is 354 g/mol. The quantitative estimate of drug-likeness (QED) is 0.788. The number of carbonyl (C=O) groups excluding carboxylic acids is 1. The second-order valence-electron chi connectivity index (χ2n) is 6.14. The Morgan fingerprint density at radius 1 is 1.17 bits per heavy atom. The number of methoxy groups -OCH3 is 1. The fourth-order valence-corrected chi connectivity index (χ4v) is 4.21. The molecule has 0 saturated carbocycles. The van der Waals surface area contributed by atoms with Crippen LogP contribution in [0.1, 0.15) is 41.5 Å². The van der Waals surface area contributed by atoms with Crippen LogP contribution in [-0.4, -0.2) is 24.5 Å². The topological polar surface area (TPSA) is 29.5 Å². The summed E-state index contributed by atoms with van der Waals surface area (Å²) in [6, 6.07) is 14.4. The maximum absolute atomic E-state index is 13.2. The van der Waals surface area contributed by atoms with Gasteiger partial charge < -0.3 is 9.64 Å². The lowest BCUT2D eigenvalue weighted by molar-refractivity contribution is -0.133. The molecule has 0 aromatic heterocycles. The van der Waals surface area contributed by atoms with E-state index >= 15 is 0 Å². The first kappa shape index (κ1) is 14.8. The summed E-state index contributed by atoms with van der Waals surface area (Å²) in [7, 11) is 1.68. The molecule has 3 nitrogen and oxygen atoms in total. The highest BCUT2D eigenvalue weighted by Gasteiger charge is 2.43. The normalized spacial score (nSPS) is 22.7. The van der Waals surface area contributed by atoms with E-state index in [-0.39, 0.29) is 17.9 Å². The Labute approximate surface area is 144 Å². The molecule has 0 spiro atoms. The van der Waals surface area contributed by atoms with Crippen LogP contribution in [0.3, 0.4) is 0 Å². The van der Waals surface area contributed by atoms with Crippen LogP contribution in [0.2, 0.25) is 0 Å². The average molecular weight is 372 g/mol. The molecular formula is C19H18BrNO2. The van der Waals surface area contributed by atoms with Gasteiger partial charge in [-0.2, -0.15) is 0 Å². The molecule has 2 atom stereocenters. The first-order valence-electron chi connectivity index (χ1n) is 7.93. The van der Waals surface area contributed by atoms with E-state index in [1.165, 1.54) is 5.56 Å². The zero-order valence-electron chi connectivity index (χ0n) is 13.0. The maximum Gasteiger partial charge on any atom is 0.235 e. The number of hydrogen-bond acceptors (Lipinski definition) is 2. The Balaban J connectivity index is 1.93. The lowest BCUT2D eigenvalue weighted by Crippen LogP contribution is -2.40. The average Bonchev–Trinajstić information content (AvgIpc) is 3.06. The van der Waals surface area contributed by atoms with Gasteiger partial charge in [0.1, 0.15) is 5.75 Å². The summed E-state index contributed by atoms with van der Waals surface area (Å²) in [4.78, 5) is 15.2. The fraction of sp³-hybridized carbons (Fsp3) is 0.316. The van der Waals surface area contributed by atoms with Crippen molar-refractivity contribution < 1.29 is 9.53 Å². The Morgan fingerprint density at radius 2 is 1.96 bits per heavy atom. The summed E-state index contributed by atoms with van der Waals surface area (Å²) < 4.78 is 6.62. The number of amides is 1. The molecule has 0 radical (unpaired) electrons. The molecule has 2 aliphatic rings. The SMILES string of the molecule is COc1cccc2c1[C@H](c1ccc(Br)cc1)C(=O)N1CCC[C@H]21. The third-order valence-corrected chi connectivity index (χ3v) is 5.48. The minimum Gasteiger partial charge on any atom is -0.496 e. The van der Waals surface area contributed by atoms with Gasteiger partial charge >= 0.3 is 0 Å². The number of nitrogens with zero attached hydrogens (tertiary/aromatic N) is 1. The minimum absolute atomic E-state index is 0.201. The Hall–Kier alpha value is -1.81. The summed E-state index contributed by atoms with van der Waals surface area (Å²) in [6.07, 6.45) is 2.11. The zero-order chi connectivity index (χ0) is 16.0. The van der Waals surface area contributed by atoms with E-state index in [1.54, 1.807) is 7.11 Å². The smallest absolute Gasteiger partial charge is 0.235 e. The lowest BCUT2D eigenvalue weighted by Gasteiger charge is -2.37. The van der Waals surface area contributed by atoms with Crippen LogP contribution < -0.4 is 4.74 Å². The molecule has 4 heteroatoms. The summed E-state index contributed by atoms with van der Waals surface area (Å²) >= 11 is 3.47. The van der Waals surface area contributed by atoms with Crippen LogP contribution in [0.15, 0.2) is 46.9 Å². The van der Waals surface area contributed by atoms with Crippen LogP contribution in [0.4, 0.5) is 0 Å². The van der Waals surface area contributed by atoms with E-state index in [0.717, 1.165) is 40.7 Å². The molecule has 1 saturated heterocycles. The second kappa shape index (κ2) is 5.68. The molecule has 1 fully saturated rings. The predicted molar refractivity (Wildman–Crippen MR) is 92.7 cm³/mol. The van der Waals surface area contributed by atoms with Gasteiger partial charge in [-0.1, -0.05) is 40.2 Å². The molecule has 2 aromatic carbocycles. The van der Waals surface area contributed by atoms with Crippen molar-refractivity contribution in [2.24, 2.45) is 0 Å². The highest BCUT2D eigenvalue weighted by molar-refractivity contribution is 9.10. The van der Waals surface area contributed by atoms with E-state index in [9.17, 15) is 4.79 Å². The van der Waals surface area contributed by atoms with Gasteiger partial charge in [0.2, 0.25) is 5.91 Å². The first-order chi connectivity index (χ1) is 11.2. The molecule has 1 amide bonds. The van der Waals surface area contributed by atoms with E-state index in [0.29, 0.717) is 0 Å². The predicted octanol–water partition coefficient (Wildman–Crippen LogP) is 4.27. The number of rotatable bonds is 2. The van der Waals surface area contributed by atoms with Crippen LogP contribution in [0.5, 0.6) is 5.75 Å². The van der Waals surface area contributed by atoms with E-state index in [1.807, 2.05) is 36.4 Å². The van der Waals surface area contributed by atoms with Gasteiger partial charge in [-0.15, -0.1) is 0 Å². The first-order valence-corrected chi connectivity index (χ1v) is 8.72. The molecule has 23 heavy (non-hydrogen) atoms. The number of ether oxygens (including phenoxy) is 1. The number of hydrogen-bond donors (Lipinski definition) is 0. The summed E-state index contributed by atoms with van der Waals surface area (Å²) in [5, 5.41) is 0. The van der Waals surface area contributed by atoms with Crippen LogP contribution >= 0.6 is 15.9 Å². The Bertz CT molecular complexity index is 756. The monoisotopic (exact) mass is 371 g/mol. The molecule has 0 unspecified atom stereocenters.